The van der Waals surface area contributed by atoms with Gasteiger partial charge in [-0.1, -0.05) is 0 Å². The number of aliphatic hydroxyl groups is 4. The Kier molecular flexibility index (Phi) is 7.47. The molecule has 0 spiro atoms. The van der Waals surface area contributed by atoms with E-state index in [0.29, 0.717) is 0 Å². The van der Waals surface area contributed by atoms with Gasteiger partial charge in [-0.05, 0) is 12.1 Å². The number of rotatable bonds is 4. The van der Waals surface area contributed by atoms with E-state index in [-0.39, 0.29) is 6.29 Å². The SMILES string of the molecule is O=C[C@@H](O)[C@H](O)[C@H](O)CO.c1ccoc1. The van der Waals surface area contributed by atoms with Crippen LogP contribution in [-0.2, 0) is 4.79 Å². The van der Waals surface area contributed by atoms with Crippen LogP contribution in [0.2, 0.25) is 0 Å². The molecule has 0 aliphatic carbocycles. The van der Waals surface area contributed by atoms with Crippen molar-refractivity contribution in [1.29, 1.82) is 0 Å². The van der Waals surface area contributed by atoms with Gasteiger partial charge in [0, 0.05) is 0 Å². The van der Waals surface area contributed by atoms with Crippen LogP contribution in [0, 0.1) is 0 Å². The van der Waals surface area contributed by atoms with Crippen molar-refractivity contribution in [2.75, 3.05) is 6.61 Å². The summed E-state index contributed by atoms with van der Waals surface area (Å²) in [5.74, 6) is 0. The number of carbonyl (C=O) groups is 1. The molecule has 6 nitrogen and oxygen atoms in total. The molecule has 15 heavy (non-hydrogen) atoms. The minimum absolute atomic E-state index is 0.0869. The summed E-state index contributed by atoms with van der Waals surface area (Å²) in [5, 5.41) is 34.1. The predicted molar refractivity (Wildman–Crippen MR) is 49.9 cm³/mol. The van der Waals surface area contributed by atoms with Gasteiger partial charge in [-0.3, -0.25) is 0 Å². The molecule has 6 heteroatoms. The van der Waals surface area contributed by atoms with Crippen LogP contribution in [0.15, 0.2) is 29.1 Å². The lowest BCUT2D eigenvalue weighted by Gasteiger charge is -2.16. The monoisotopic (exact) mass is 218 g/mol. The molecule has 0 aliphatic heterocycles. The van der Waals surface area contributed by atoms with Crippen molar-refractivity contribution in [3.8, 4) is 0 Å². The maximum atomic E-state index is 9.76. The molecule has 1 rings (SSSR count). The van der Waals surface area contributed by atoms with E-state index in [1.54, 1.807) is 12.5 Å². The fraction of sp³-hybridized carbons (Fsp3) is 0.444. The second-order valence-electron chi connectivity index (χ2n) is 2.66. The van der Waals surface area contributed by atoms with Crippen molar-refractivity contribution >= 4 is 6.29 Å². The molecule has 1 aromatic rings. The van der Waals surface area contributed by atoms with Crippen LogP contribution in [-0.4, -0.2) is 51.6 Å². The van der Waals surface area contributed by atoms with E-state index in [9.17, 15) is 4.79 Å². The number of hydrogen-bond donors (Lipinski definition) is 4. The highest BCUT2D eigenvalue weighted by Crippen LogP contribution is 1.96. The highest BCUT2D eigenvalue weighted by molar-refractivity contribution is 5.56. The molecule has 0 radical (unpaired) electrons. The summed E-state index contributed by atoms with van der Waals surface area (Å²) in [7, 11) is 0. The molecule has 0 amide bonds. The first-order chi connectivity index (χ1) is 7.13. The maximum absolute atomic E-state index is 9.76. The average Bonchev–Trinajstić information content (AvgIpc) is 2.84. The first-order valence-corrected chi connectivity index (χ1v) is 4.21. The molecule has 0 aliphatic rings. The Labute approximate surface area is 86.4 Å². The topological polar surface area (TPSA) is 111 Å². The molecular weight excluding hydrogens is 204 g/mol. The fourth-order valence-corrected chi connectivity index (χ4v) is 0.643. The van der Waals surface area contributed by atoms with Gasteiger partial charge in [-0.15, -0.1) is 0 Å². The van der Waals surface area contributed by atoms with Crippen LogP contribution >= 0.6 is 0 Å². The van der Waals surface area contributed by atoms with Crippen molar-refractivity contribution in [3.63, 3.8) is 0 Å². The minimum atomic E-state index is -1.64. The van der Waals surface area contributed by atoms with E-state index in [0.717, 1.165) is 0 Å². The van der Waals surface area contributed by atoms with E-state index in [2.05, 4.69) is 4.42 Å². The summed E-state index contributed by atoms with van der Waals surface area (Å²) in [6.07, 6.45) is -1.38. The number of aliphatic hydroxyl groups excluding tert-OH is 4. The minimum Gasteiger partial charge on any atom is -0.473 e. The largest absolute Gasteiger partial charge is 0.473 e. The Hall–Kier alpha value is -1.21. The van der Waals surface area contributed by atoms with Gasteiger partial charge in [-0.25, -0.2) is 0 Å². The van der Waals surface area contributed by atoms with E-state index in [1.165, 1.54) is 0 Å². The Morgan fingerprint density at radius 3 is 2.00 bits per heavy atom. The van der Waals surface area contributed by atoms with Crippen molar-refractivity contribution in [3.05, 3.63) is 24.7 Å². The molecule has 4 N–H and O–H groups in total. The quantitative estimate of drug-likeness (QED) is 0.460. The highest BCUT2D eigenvalue weighted by atomic mass is 16.4. The van der Waals surface area contributed by atoms with Crippen molar-refractivity contribution in [2.24, 2.45) is 0 Å². The molecule has 0 fully saturated rings. The van der Waals surface area contributed by atoms with Crippen molar-refractivity contribution in [2.45, 2.75) is 18.3 Å². The molecule has 0 saturated heterocycles. The third kappa shape index (κ3) is 5.97. The van der Waals surface area contributed by atoms with Crippen LogP contribution in [0.25, 0.3) is 0 Å². The van der Waals surface area contributed by atoms with Crippen LogP contribution in [0.5, 0.6) is 0 Å². The fourth-order valence-electron chi connectivity index (χ4n) is 0.643. The molecule has 3 atom stereocenters. The summed E-state index contributed by atoms with van der Waals surface area (Å²) in [6, 6.07) is 3.67. The van der Waals surface area contributed by atoms with Crippen LogP contribution in [0.4, 0.5) is 0 Å². The molecule has 1 aromatic heterocycles. The van der Waals surface area contributed by atoms with E-state index < -0.39 is 24.9 Å². The molecule has 1 heterocycles. The maximum Gasteiger partial charge on any atom is 0.151 e. The van der Waals surface area contributed by atoms with Gasteiger partial charge in [0.25, 0.3) is 0 Å². The second kappa shape index (κ2) is 8.13. The molecule has 0 saturated carbocycles. The summed E-state index contributed by atoms with van der Waals surface area (Å²) >= 11 is 0. The first-order valence-electron chi connectivity index (χ1n) is 4.21. The van der Waals surface area contributed by atoms with Gasteiger partial charge in [0.05, 0.1) is 19.1 Å². The predicted octanol–water partition coefficient (Wildman–Crippen LogP) is -1.46. The lowest BCUT2D eigenvalue weighted by atomic mass is 10.1. The van der Waals surface area contributed by atoms with E-state index >= 15 is 0 Å². The summed E-state index contributed by atoms with van der Waals surface area (Å²) < 4.78 is 4.58. The van der Waals surface area contributed by atoms with Crippen LogP contribution in [0.1, 0.15) is 0 Å². The number of carbonyl (C=O) groups excluding carboxylic acids is 1. The zero-order valence-electron chi connectivity index (χ0n) is 7.93. The Bertz CT molecular complexity index is 218. The molecular formula is C9H14O6. The normalized spacial score (nSPS) is 15.7. The average molecular weight is 218 g/mol. The van der Waals surface area contributed by atoms with Gasteiger partial charge in [0.2, 0.25) is 0 Å². The third-order valence-corrected chi connectivity index (χ3v) is 1.50. The van der Waals surface area contributed by atoms with Crippen molar-refractivity contribution < 1.29 is 29.6 Å². The molecule has 0 unspecified atom stereocenters. The first kappa shape index (κ1) is 13.8. The van der Waals surface area contributed by atoms with Gasteiger partial charge < -0.3 is 29.6 Å². The Morgan fingerprint density at radius 1 is 1.20 bits per heavy atom. The van der Waals surface area contributed by atoms with Crippen LogP contribution in [0.3, 0.4) is 0 Å². The second-order valence-corrected chi connectivity index (χ2v) is 2.66. The number of hydrogen-bond acceptors (Lipinski definition) is 6. The van der Waals surface area contributed by atoms with E-state index in [4.69, 9.17) is 20.4 Å². The third-order valence-electron chi connectivity index (χ3n) is 1.50. The van der Waals surface area contributed by atoms with Crippen LogP contribution < -0.4 is 0 Å². The zero-order valence-corrected chi connectivity index (χ0v) is 7.93. The number of aldehydes is 1. The highest BCUT2D eigenvalue weighted by Gasteiger charge is 2.22. The summed E-state index contributed by atoms with van der Waals surface area (Å²) in [5.41, 5.74) is 0. The molecule has 86 valence electrons. The standard InChI is InChI=1S/C5H10O5.C4H4O/c6-1-3(8)5(10)4(9)2-7;1-2-4-5-3-1/h1,3-5,7-10H,2H2;1-4H/t3-,4-,5+;/m1./s1. The lowest BCUT2D eigenvalue weighted by molar-refractivity contribution is -0.127. The van der Waals surface area contributed by atoms with Gasteiger partial charge in [0.1, 0.15) is 18.3 Å². The van der Waals surface area contributed by atoms with Gasteiger partial charge in [-0.2, -0.15) is 0 Å². The summed E-state index contributed by atoms with van der Waals surface area (Å²) in [6.45, 7) is -0.688. The zero-order chi connectivity index (χ0) is 11.7. The van der Waals surface area contributed by atoms with Gasteiger partial charge in [0.15, 0.2) is 6.29 Å². The number of furan rings is 1. The van der Waals surface area contributed by atoms with Gasteiger partial charge >= 0.3 is 0 Å². The summed E-state index contributed by atoms with van der Waals surface area (Å²) in [4.78, 5) is 9.76. The molecule has 0 bridgehead atoms. The smallest absolute Gasteiger partial charge is 0.151 e. The van der Waals surface area contributed by atoms with E-state index in [1.807, 2.05) is 12.1 Å². The lowest BCUT2D eigenvalue weighted by Crippen LogP contribution is -2.40. The molecule has 0 aromatic carbocycles. The van der Waals surface area contributed by atoms with Crippen molar-refractivity contribution in [1.82, 2.24) is 0 Å². The Morgan fingerprint density at radius 2 is 1.73 bits per heavy atom. The Balaban J connectivity index is 0.000000322.